The highest BCUT2D eigenvalue weighted by atomic mass is 32.2. The van der Waals surface area contributed by atoms with Crippen molar-refractivity contribution in [2.45, 2.75) is 69.6 Å². The molecule has 1 saturated carbocycles. The molecule has 1 aliphatic carbocycles. The molecular weight excluding hydrogens is 272 g/mol. The van der Waals surface area contributed by atoms with Gasteiger partial charge in [0.25, 0.3) is 0 Å². The third-order valence-corrected chi connectivity index (χ3v) is 6.04. The Kier molecular flexibility index (Phi) is 5.32. The fourth-order valence-corrected chi connectivity index (χ4v) is 4.77. The monoisotopic (exact) mass is 298 g/mol. The summed E-state index contributed by atoms with van der Waals surface area (Å²) < 4.78 is 0. The third kappa shape index (κ3) is 4.76. The summed E-state index contributed by atoms with van der Waals surface area (Å²) in [4.78, 5) is 4.73. The molecule has 2 N–H and O–H groups in total. The van der Waals surface area contributed by atoms with E-state index >= 15 is 0 Å². The summed E-state index contributed by atoms with van der Waals surface area (Å²) in [5, 5.41) is 4.25. The maximum absolute atomic E-state index is 6.25. The largest absolute Gasteiger partial charge is 0.327 e. The zero-order valence-corrected chi connectivity index (χ0v) is 13.9. The average molecular weight is 299 g/mol. The topological polar surface area (TPSA) is 38.9 Å². The second-order valence-electron chi connectivity index (χ2n) is 6.58. The van der Waals surface area contributed by atoms with Gasteiger partial charge in [0.2, 0.25) is 0 Å². The number of hydrogen-bond donors (Lipinski definition) is 1. The number of rotatable bonds is 5. The summed E-state index contributed by atoms with van der Waals surface area (Å²) in [6, 6.07) is 0.254. The first-order chi connectivity index (χ1) is 8.95. The Labute approximate surface area is 125 Å². The number of thiazole rings is 1. The predicted molar refractivity (Wildman–Crippen MR) is 87.2 cm³/mol. The van der Waals surface area contributed by atoms with Crippen molar-refractivity contribution >= 4 is 23.1 Å². The molecular formula is C15H26N2S2. The van der Waals surface area contributed by atoms with E-state index in [-0.39, 0.29) is 11.5 Å². The van der Waals surface area contributed by atoms with Gasteiger partial charge in [-0.15, -0.1) is 11.3 Å². The van der Waals surface area contributed by atoms with E-state index in [0.717, 1.165) is 17.4 Å². The number of nitrogens with zero attached hydrogens (tertiary/aromatic N) is 1. The van der Waals surface area contributed by atoms with E-state index in [9.17, 15) is 0 Å². The normalized spacial score (nSPS) is 18.9. The molecule has 1 heterocycles. The molecule has 1 aliphatic rings. The fourth-order valence-electron chi connectivity index (χ4n) is 2.35. The molecule has 0 aliphatic heterocycles. The molecule has 1 fully saturated rings. The lowest BCUT2D eigenvalue weighted by atomic mass is 9.93. The molecule has 0 aromatic carbocycles. The highest BCUT2D eigenvalue weighted by Gasteiger charge is 2.19. The van der Waals surface area contributed by atoms with Crippen LogP contribution < -0.4 is 5.73 Å². The van der Waals surface area contributed by atoms with E-state index in [0.29, 0.717) is 0 Å². The zero-order chi connectivity index (χ0) is 13.9. The van der Waals surface area contributed by atoms with Gasteiger partial charge in [-0.2, -0.15) is 11.8 Å². The van der Waals surface area contributed by atoms with Gasteiger partial charge in [-0.25, -0.2) is 4.98 Å². The second-order valence-corrected chi connectivity index (χ2v) is 8.86. The molecule has 0 spiro atoms. The van der Waals surface area contributed by atoms with Gasteiger partial charge in [-0.1, -0.05) is 33.6 Å². The Bertz CT molecular complexity index is 389. The van der Waals surface area contributed by atoms with Crippen molar-refractivity contribution in [3.05, 3.63) is 16.1 Å². The van der Waals surface area contributed by atoms with Crippen LogP contribution in [0.3, 0.4) is 0 Å². The Morgan fingerprint density at radius 2 is 2.11 bits per heavy atom. The summed E-state index contributed by atoms with van der Waals surface area (Å²) in [7, 11) is 0. The molecule has 1 aromatic heterocycles. The van der Waals surface area contributed by atoms with Crippen molar-refractivity contribution < 1.29 is 0 Å². The first-order valence-corrected chi connectivity index (χ1v) is 9.20. The molecule has 1 aromatic rings. The number of nitrogens with two attached hydrogens (primary N) is 1. The predicted octanol–water partition coefficient (Wildman–Crippen LogP) is 3.99. The molecule has 108 valence electrons. The van der Waals surface area contributed by atoms with Crippen LogP contribution in [0.2, 0.25) is 0 Å². The van der Waals surface area contributed by atoms with Crippen LogP contribution in [0.5, 0.6) is 0 Å². The van der Waals surface area contributed by atoms with Crippen molar-refractivity contribution in [3.63, 3.8) is 0 Å². The van der Waals surface area contributed by atoms with Crippen LogP contribution in [-0.4, -0.2) is 22.0 Å². The van der Waals surface area contributed by atoms with Crippen LogP contribution >= 0.6 is 23.1 Å². The fraction of sp³-hybridized carbons (Fsp3) is 0.800. The molecule has 2 nitrogen and oxygen atoms in total. The van der Waals surface area contributed by atoms with E-state index in [1.54, 1.807) is 11.3 Å². The van der Waals surface area contributed by atoms with Gasteiger partial charge < -0.3 is 5.73 Å². The first kappa shape index (κ1) is 15.3. The summed E-state index contributed by atoms with van der Waals surface area (Å²) in [5.74, 6) is 1.08. The lowest BCUT2D eigenvalue weighted by Crippen LogP contribution is -2.26. The maximum Gasteiger partial charge on any atom is 0.0944 e. The molecule has 0 saturated heterocycles. The van der Waals surface area contributed by atoms with Crippen LogP contribution in [0.15, 0.2) is 5.38 Å². The quantitative estimate of drug-likeness (QED) is 0.893. The Hall–Kier alpha value is -0.0600. The summed E-state index contributed by atoms with van der Waals surface area (Å²) in [6.07, 6.45) is 6.54. The van der Waals surface area contributed by atoms with Crippen molar-refractivity contribution in [3.8, 4) is 0 Å². The zero-order valence-electron chi connectivity index (χ0n) is 12.3. The van der Waals surface area contributed by atoms with Crippen molar-refractivity contribution in [2.24, 2.45) is 5.73 Å². The number of aromatic nitrogens is 1. The second kappa shape index (κ2) is 6.59. The molecule has 4 heteroatoms. The van der Waals surface area contributed by atoms with Gasteiger partial charge >= 0.3 is 0 Å². The molecule has 0 amide bonds. The lowest BCUT2D eigenvalue weighted by Gasteiger charge is -2.15. The Morgan fingerprint density at radius 1 is 1.42 bits per heavy atom. The highest BCUT2D eigenvalue weighted by Crippen LogP contribution is 2.30. The molecule has 0 bridgehead atoms. The van der Waals surface area contributed by atoms with E-state index < -0.39 is 0 Å². The Balaban J connectivity index is 1.78. The van der Waals surface area contributed by atoms with E-state index in [4.69, 9.17) is 10.7 Å². The van der Waals surface area contributed by atoms with E-state index in [1.807, 2.05) is 0 Å². The van der Waals surface area contributed by atoms with Gasteiger partial charge in [-0.05, 0) is 12.8 Å². The van der Waals surface area contributed by atoms with Gasteiger partial charge in [0.1, 0.15) is 0 Å². The summed E-state index contributed by atoms with van der Waals surface area (Å²) in [5.41, 5.74) is 7.60. The van der Waals surface area contributed by atoms with Crippen molar-refractivity contribution in [1.82, 2.24) is 4.98 Å². The van der Waals surface area contributed by atoms with Gasteiger partial charge in [-0.3, -0.25) is 0 Å². The summed E-state index contributed by atoms with van der Waals surface area (Å²) >= 11 is 3.84. The number of hydrogen-bond acceptors (Lipinski definition) is 4. The van der Waals surface area contributed by atoms with Gasteiger partial charge in [0.05, 0.1) is 10.7 Å². The van der Waals surface area contributed by atoms with Crippen molar-refractivity contribution in [1.29, 1.82) is 0 Å². The Morgan fingerprint density at radius 3 is 2.68 bits per heavy atom. The SMILES string of the molecule is CC(C)(C)c1csc(CC(N)CSC2CCCC2)n1. The minimum absolute atomic E-state index is 0.150. The third-order valence-electron chi connectivity index (χ3n) is 3.61. The van der Waals surface area contributed by atoms with Crippen LogP contribution in [-0.2, 0) is 11.8 Å². The van der Waals surface area contributed by atoms with Crippen LogP contribution in [0.4, 0.5) is 0 Å². The van der Waals surface area contributed by atoms with Crippen LogP contribution in [0.1, 0.15) is 57.2 Å². The molecule has 2 rings (SSSR count). The molecule has 19 heavy (non-hydrogen) atoms. The minimum Gasteiger partial charge on any atom is -0.327 e. The van der Waals surface area contributed by atoms with Gasteiger partial charge in [0, 0.05) is 34.3 Å². The van der Waals surface area contributed by atoms with Crippen LogP contribution in [0, 0.1) is 0 Å². The summed E-state index contributed by atoms with van der Waals surface area (Å²) in [6.45, 7) is 6.63. The lowest BCUT2D eigenvalue weighted by molar-refractivity contribution is 0.569. The standard InChI is InChI=1S/C15H26N2S2/c1-15(2,3)13-10-19-14(17-13)8-11(16)9-18-12-6-4-5-7-12/h10-12H,4-9,16H2,1-3H3. The van der Waals surface area contributed by atoms with Crippen LogP contribution in [0.25, 0.3) is 0 Å². The van der Waals surface area contributed by atoms with Crippen molar-refractivity contribution in [2.75, 3.05) is 5.75 Å². The molecule has 1 atom stereocenters. The number of thioether (sulfide) groups is 1. The van der Waals surface area contributed by atoms with E-state index in [1.165, 1.54) is 36.4 Å². The smallest absolute Gasteiger partial charge is 0.0944 e. The first-order valence-electron chi connectivity index (χ1n) is 7.27. The average Bonchev–Trinajstić information content (AvgIpc) is 2.95. The molecule has 1 unspecified atom stereocenters. The molecule has 0 radical (unpaired) electrons. The minimum atomic E-state index is 0.150. The maximum atomic E-state index is 6.25. The van der Waals surface area contributed by atoms with E-state index in [2.05, 4.69) is 37.9 Å². The highest BCUT2D eigenvalue weighted by molar-refractivity contribution is 7.99. The van der Waals surface area contributed by atoms with Gasteiger partial charge in [0.15, 0.2) is 0 Å².